The summed E-state index contributed by atoms with van der Waals surface area (Å²) < 4.78 is 9.15. The van der Waals surface area contributed by atoms with Gasteiger partial charge in [0.1, 0.15) is 10.6 Å². The Bertz CT molecular complexity index is 1380. The lowest BCUT2D eigenvalue weighted by molar-refractivity contribution is 0.0743. The molecular weight excluding hydrogens is 530 g/mol. The van der Waals surface area contributed by atoms with E-state index >= 15 is 0 Å². The minimum Gasteiger partial charge on any atom is -0.497 e. The summed E-state index contributed by atoms with van der Waals surface area (Å²) in [7, 11) is 1.58. The maximum absolute atomic E-state index is 13.4. The van der Waals surface area contributed by atoms with Gasteiger partial charge in [-0.15, -0.1) is 5.10 Å². The molecule has 0 saturated carbocycles. The fourth-order valence-corrected chi connectivity index (χ4v) is 5.54. The highest BCUT2D eigenvalue weighted by Gasteiger charge is 2.26. The summed E-state index contributed by atoms with van der Waals surface area (Å²) >= 11 is 1.04. The van der Waals surface area contributed by atoms with Gasteiger partial charge >= 0.3 is 0 Å². The van der Waals surface area contributed by atoms with E-state index in [1.807, 2.05) is 34.1 Å². The molecule has 0 aliphatic carbocycles. The summed E-state index contributed by atoms with van der Waals surface area (Å²) in [6, 6.07) is 12.6. The fraction of sp³-hybridized carbons (Fsp3) is 0.393. The number of piperazine rings is 1. The number of rotatable bonds is 6. The lowest BCUT2D eigenvalue weighted by Gasteiger charge is -2.37. The Morgan fingerprint density at radius 2 is 1.68 bits per heavy atom. The normalized spacial score (nSPS) is 15.9. The van der Waals surface area contributed by atoms with Gasteiger partial charge in [0, 0.05) is 56.9 Å². The van der Waals surface area contributed by atoms with Gasteiger partial charge in [0.15, 0.2) is 0 Å². The number of benzene rings is 2. The molecular formula is C28H33N7O4S. The smallest absolute Gasteiger partial charge is 0.269 e. The number of anilines is 2. The molecule has 1 aromatic heterocycles. The van der Waals surface area contributed by atoms with E-state index in [2.05, 4.69) is 25.1 Å². The second-order valence-electron chi connectivity index (χ2n) is 9.78. The van der Waals surface area contributed by atoms with Crippen LogP contribution in [-0.4, -0.2) is 96.6 Å². The third-order valence-corrected chi connectivity index (χ3v) is 8.03. The van der Waals surface area contributed by atoms with Crippen molar-refractivity contribution >= 4 is 40.6 Å². The summed E-state index contributed by atoms with van der Waals surface area (Å²) in [6.45, 7) is 6.89. The maximum Gasteiger partial charge on any atom is 0.269 e. The number of aromatic nitrogens is 2. The van der Waals surface area contributed by atoms with Crippen LogP contribution in [0.3, 0.4) is 0 Å². The number of carbonyl (C=O) groups is 3. The second-order valence-corrected chi connectivity index (χ2v) is 10.5. The molecule has 2 aromatic carbocycles. The van der Waals surface area contributed by atoms with Gasteiger partial charge in [-0.1, -0.05) is 10.6 Å². The predicted octanol–water partition coefficient (Wildman–Crippen LogP) is 2.51. The average molecular weight is 564 g/mol. The van der Waals surface area contributed by atoms with Crippen molar-refractivity contribution in [3.63, 3.8) is 0 Å². The molecule has 0 radical (unpaired) electrons. The first-order chi connectivity index (χ1) is 19.4. The number of ether oxygens (including phenoxy) is 1. The van der Waals surface area contributed by atoms with E-state index in [1.54, 1.807) is 32.2 Å². The van der Waals surface area contributed by atoms with Gasteiger partial charge in [-0.3, -0.25) is 14.4 Å². The van der Waals surface area contributed by atoms with Crippen LogP contribution >= 0.6 is 11.5 Å². The van der Waals surface area contributed by atoms with Gasteiger partial charge in [0.2, 0.25) is 0 Å². The van der Waals surface area contributed by atoms with E-state index < -0.39 is 0 Å². The summed E-state index contributed by atoms with van der Waals surface area (Å²) in [5, 5.41) is 10.3. The number of amides is 3. The van der Waals surface area contributed by atoms with Crippen molar-refractivity contribution in [1.82, 2.24) is 24.7 Å². The molecule has 0 spiro atoms. The summed E-state index contributed by atoms with van der Waals surface area (Å²) in [5.41, 5.74) is 3.00. The van der Waals surface area contributed by atoms with Crippen LogP contribution in [0.4, 0.5) is 11.4 Å². The Kier molecular flexibility index (Phi) is 8.56. The molecule has 3 heterocycles. The zero-order valence-corrected chi connectivity index (χ0v) is 23.5. The molecule has 0 unspecified atom stereocenters. The molecule has 3 aromatic rings. The molecule has 0 bridgehead atoms. The van der Waals surface area contributed by atoms with Crippen molar-refractivity contribution in [2.45, 2.75) is 13.3 Å². The quantitative estimate of drug-likeness (QED) is 0.470. The van der Waals surface area contributed by atoms with Crippen LogP contribution in [0.2, 0.25) is 0 Å². The van der Waals surface area contributed by atoms with Gasteiger partial charge in [-0.05, 0) is 67.8 Å². The second kappa shape index (κ2) is 12.4. The summed E-state index contributed by atoms with van der Waals surface area (Å²) in [6.07, 6.45) is 0.893. The van der Waals surface area contributed by atoms with Crippen LogP contribution < -0.4 is 20.3 Å². The van der Waals surface area contributed by atoms with Crippen molar-refractivity contribution in [3.8, 4) is 5.75 Å². The molecule has 2 N–H and O–H groups in total. The van der Waals surface area contributed by atoms with Crippen LogP contribution in [0.15, 0.2) is 42.5 Å². The van der Waals surface area contributed by atoms with Crippen molar-refractivity contribution in [1.29, 1.82) is 0 Å². The number of methoxy groups -OCH3 is 1. The topological polar surface area (TPSA) is 120 Å². The van der Waals surface area contributed by atoms with Gasteiger partial charge in [-0.2, -0.15) is 0 Å². The Balaban J connectivity index is 1.36. The maximum atomic E-state index is 13.4. The van der Waals surface area contributed by atoms with Crippen LogP contribution in [0.1, 0.15) is 42.5 Å². The molecule has 5 rings (SSSR count). The SMILES string of the molecule is COc1cccc(C(=O)N2CCN(c3ccc(C(=O)N4CCCNCC4)cc3NC(=O)c3snnc3C)CC2)c1. The number of hydrogen-bond acceptors (Lipinski definition) is 9. The zero-order valence-electron chi connectivity index (χ0n) is 22.7. The van der Waals surface area contributed by atoms with E-state index in [4.69, 9.17) is 4.74 Å². The first-order valence-corrected chi connectivity index (χ1v) is 14.1. The van der Waals surface area contributed by atoms with Crippen molar-refractivity contribution < 1.29 is 19.1 Å². The van der Waals surface area contributed by atoms with Crippen molar-refractivity contribution in [3.05, 3.63) is 64.2 Å². The standard InChI is InChI=1S/C28H33N7O4S/c1-19-25(40-32-31-19)26(36)30-23-18-21(28(38)34-11-4-9-29-10-12-34)7-8-24(23)33-13-15-35(16-14-33)27(37)20-5-3-6-22(17-20)39-2/h3,5-8,17-18,29H,4,9-16H2,1-2H3,(H,30,36). The molecule has 2 fully saturated rings. The van der Waals surface area contributed by atoms with E-state index in [0.717, 1.165) is 36.7 Å². The largest absolute Gasteiger partial charge is 0.497 e. The monoisotopic (exact) mass is 563 g/mol. The molecule has 12 heteroatoms. The molecule has 40 heavy (non-hydrogen) atoms. The molecule has 0 atom stereocenters. The van der Waals surface area contributed by atoms with Crippen molar-refractivity contribution in [2.24, 2.45) is 0 Å². The Morgan fingerprint density at radius 1 is 0.925 bits per heavy atom. The molecule has 11 nitrogen and oxygen atoms in total. The zero-order chi connectivity index (χ0) is 28.1. The highest BCUT2D eigenvalue weighted by molar-refractivity contribution is 7.08. The van der Waals surface area contributed by atoms with Gasteiger partial charge in [-0.25, -0.2) is 0 Å². The number of nitrogens with one attached hydrogen (secondary N) is 2. The first kappa shape index (κ1) is 27.5. The van der Waals surface area contributed by atoms with Crippen LogP contribution in [-0.2, 0) is 0 Å². The van der Waals surface area contributed by atoms with E-state index in [9.17, 15) is 14.4 Å². The van der Waals surface area contributed by atoms with Gasteiger partial charge < -0.3 is 30.1 Å². The van der Waals surface area contributed by atoms with E-state index in [1.165, 1.54) is 0 Å². The van der Waals surface area contributed by atoms with Gasteiger partial charge in [0.05, 0.1) is 24.2 Å². The number of aryl methyl sites for hydroxylation is 1. The van der Waals surface area contributed by atoms with Crippen LogP contribution in [0.5, 0.6) is 5.75 Å². The van der Waals surface area contributed by atoms with Crippen LogP contribution in [0, 0.1) is 6.92 Å². The third-order valence-electron chi connectivity index (χ3n) is 7.20. The minimum atomic E-state index is -0.316. The minimum absolute atomic E-state index is 0.0480. The fourth-order valence-electron chi connectivity index (χ4n) is 4.98. The van der Waals surface area contributed by atoms with Crippen molar-refractivity contribution in [2.75, 3.05) is 69.7 Å². The van der Waals surface area contributed by atoms with E-state index in [0.29, 0.717) is 72.4 Å². The van der Waals surface area contributed by atoms with E-state index in [-0.39, 0.29) is 17.7 Å². The first-order valence-electron chi connectivity index (χ1n) is 13.4. The number of carbonyl (C=O) groups excluding carboxylic acids is 3. The lowest BCUT2D eigenvalue weighted by Crippen LogP contribution is -2.49. The highest BCUT2D eigenvalue weighted by Crippen LogP contribution is 2.30. The molecule has 2 aliphatic heterocycles. The molecule has 2 saturated heterocycles. The number of hydrogen-bond donors (Lipinski definition) is 2. The third kappa shape index (κ3) is 6.07. The Hall–Kier alpha value is -4.03. The lowest BCUT2D eigenvalue weighted by atomic mass is 10.1. The Morgan fingerprint density at radius 3 is 2.40 bits per heavy atom. The highest BCUT2D eigenvalue weighted by atomic mass is 32.1. The summed E-state index contributed by atoms with van der Waals surface area (Å²) in [4.78, 5) is 45.8. The average Bonchev–Trinajstić information content (AvgIpc) is 3.24. The molecule has 2 aliphatic rings. The molecule has 210 valence electrons. The van der Waals surface area contributed by atoms with Crippen LogP contribution in [0.25, 0.3) is 0 Å². The Labute approximate surface area is 237 Å². The predicted molar refractivity (Wildman–Crippen MR) is 154 cm³/mol. The van der Waals surface area contributed by atoms with Gasteiger partial charge in [0.25, 0.3) is 17.7 Å². The number of nitrogens with zero attached hydrogens (tertiary/aromatic N) is 5. The molecule has 3 amide bonds. The summed E-state index contributed by atoms with van der Waals surface area (Å²) in [5.74, 6) is 0.217.